The van der Waals surface area contributed by atoms with Crippen molar-refractivity contribution >= 4 is 11.8 Å². The Morgan fingerprint density at radius 2 is 2.07 bits per heavy atom. The Morgan fingerprint density at radius 1 is 1.30 bits per heavy atom. The van der Waals surface area contributed by atoms with Gasteiger partial charge in [-0.15, -0.1) is 5.10 Å². The third-order valence-electron chi connectivity index (χ3n) is 5.87. The van der Waals surface area contributed by atoms with E-state index < -0.39 is 0 Å². The zero-order valence-corrected chi connectivity index (χ0v) is 16.4. The molecule has 2 heterocycles. The van der Waals surface area contributed by atoms with Gasteiger partial charge in [0.15, 0.2) is 5.69 Å². The molecule has 2 aliphatic rings. The van der Waals surface area contributed by atoms with Gasteiger partial charge in [0.25, 0.3) is 5.91 Å². The smallest absolute Gasteiger partial charge is 0.273 e. The zero-order chi connectivity index (χ0) is 19.3. The summed E-state index contributed by atoms with van der Waals surface area (Å²) in [5.74, 6) is 0.0368. The maximum atomic E-state index is 13.2. The van der Waals surface area contributed by atoms with Crippen molar-refractivity contribution in [1.82, 2.24) is 25.2 Å². The molecule has 150 valence electrons. The van der Waals surface area contributed by atoms with E-state index in [9.17, 15) is 9.59 Å². The van der Waals surface area contributed by atoms with Crippen LogP contribution < -0.4 is 5.32 Å². The highest BCUT2D eigenvalue weighted by molar-refractivity contribution is 5.91. The van der Waals surface area contributed by atoms with Gasteiger partial charge in [-0.2, -0.15) is 0 Å². The van der Waals surface area contributed by atoms with E-state index in [-0.39, 0.29) is 17.4 Å². The summed E-state index contributed by atoms with van der Waals surface area (Å²) >= 11 is 0. The molecule has 1 aliphatic carbocycles. The standard InChI is InChI=1S/C19H31N5O3/c1-19(8-4-3-5-9-19)18(26)24-11-6-7-15(24)13-23-14-16(21-22-23)17(25)20-10-12-27-2/h14-15H,3-13H2,1-2H3,(H,20,25). The highest BCUT2D eigenvalue weighted by atomic mass is 16.5. The van der Waals surface area contributed by atoms with Crippen molar-refractivity contribution in [2.45, 2.75) is 64.5 Å². The van der Waals surface area contributed by atoms with Crippen LogP contribution in [0.2, 0.25) is 0 Å². The van der Waals surface area contributed by atoms with Gasteiger partial charge < -0.3 is 15.0 Å². The number of hydrogen-bond donors (Lipinski definition) is 1. The molecule has 1 unspecified atom stereocenters. The SMILES string of the molecule is COCCNC(=O)c1cn(CC2CCCN2C(=O)C2(C)CCCCC2)nn1. The minimum atomic E-state index is -0.257. The fourth-order valence-electron chi connectivity index (χ4n) is 4.25. The first-order chi connectivity index (χ1) is 13.0. The quantitative estimate of drug-likeness (QED) is 0.729. The monoisotopic (exact) mass is 377 g/mol. The molecular formula is C19H31N5O3. The Labute approximate surface area is 160 Å². The molecule has 1 atom stereocenters. The van der Waals surface area contributed by atoms with Gasteiger partial charge in [0.05, 0.1) is 25.4 Å². The molecule has 0 radical (unpaired) electrons. The third kappa shape index (κ3) is 4.66. The van der Waals surface area contributed by atoms with E-state index in [1.165, 1.54) is 6.42 Å². The van der Waals surface area contributed by atoms with Gasteiger partial charge in [0.1, 0.15) is 0 Å². The number of ether oxygens (including phenoxy) is 1. The van der Waals surface area contributed by atoms with Crippen LogP contribution in [0.5, 0.6) is 0 Å². The van der Waals surface area contributed by atoms with Crippen LogP contribution in [-0.2, 0) is 16.1 Å². The highest BCUT2D eigenvalue weighted by Crippen LogP contribution is 2.39. The Hall–Kier alpha value is -1.96. The molecule has 1 aliphatic heterocycles. The number of methoxy groups -OCH3 is 1. The molecule has 0 bridgehead atoms. The number of hydrogen-bond acceptors (Lipinski definition) is 5. The number of nitrogens with one attached hydrogen (secondary N) is 1. The van der Waals surface area contributed by atoms with Crippen LogP contribution in [0.1, 0.15) is 62.4 Å². The summed E-state index contributed by atoms with van der Waals surface area (Å²) in [6, 6.07) is 0.127. The number of amides is 2. The minimum Gasteiger partial charge on any atom is -0.383 e. The molecule has 1 aromatic heterocycles. The van der Waals surface area contributed by atoms with Crippen molar-refractivity contribution in [3.8, 4) is 0 Å². The fraction of sp³-hybridized carbons (Fsp3) is 0.789. The Bertz CT molecular complexity index is 654. The summed E-state index contributed by atoms with van der Waals surface area (Å²) in [5.41, 5.74) is 0.0801. The summed E-state index contributed by atoms with van der Waals surface area (Å²) in [7, 11) is 1.59. The fourth-order valence-corrected chi connectivity index (χ4v) is 4.25. The Morgan fingerprint density at radius 3 is 2.81 bits per heavy atom. The van der Waals surface area contributed by atoms with Crippen LogP contribution in [-0.4, -0.2) is 64.6 Å². The average Bonchev–Trinajstić information content (AvgIpc) is 3.32. The second kappa shape index (κ2) is 8.82. The molecule has 0 spiro atoms. The van der Waals surface area contributed by atoms with Gasteiger partial charge in [0, 0.05) is 25.6 Å². The van der Waals surface area contributed by atoms with Crippen molar-refractivity contribution in [3.05, 3.63) is 11.9 Å². The lowest BCUT2D eigenvalue weighted by atomic mass is 9.74. The van der Waals surface area contributed by atoms with Gasteiger partial charge in [-0.1, -0.05) is 31.4 Å². The molecule has 8 heteroatoms. The van der Waals surface area contributed by atoms with E-state index in [1.54, 1.807) is 18.0 Å². The van der Waals surface area contributed by atoms with E-state index in [0.717, 1.165) is 45.1 Å². The van der Waals surface area contributed by atoms with E-state index in [1.807, 2.05) is 4.90 Å². The molecule has 1 N–H and O–H groups in total. The number of nitrogens with zero attached hydrogens (tertiary/aromatic N) is 4. The van der Waals surface area contributed by atoms with Crippen LogP contribution in [0.15, 0.2) is 6.20 Å². The summed E-state index contributed by atoms with van der Waals surface area (Å²) in [4.78, 5) is 27.3. The van der Waals surface area contributed by atoms with Crippen LogP contribution in [0.25, 0.3) is 0 Å². The predicted octanol–water partition coefficient (Wildman–Crippen LogP) is 1.62. The first-order valence-electron chi connectivity index (χ1n) is 10.0. The van der Waals surface area contributed by atoms with Gasteiger partial charge >= 0.3 is 0 Å². The largest absolute Gasteiger partial charge is 0.383 e. The number of likely N-dealkylation sites (tertiary alicyclic amines) is 1. The maximum Gasteiger partial charge on any atom is 0.273 e. The highest BCUT2D eigenvalue weighted by Gasteiger charge is 2.41. The van der Waals surface area contributed by atoms with Crippen molar-refractivity contribution in [1.29, 1.82) is 0 Å². The molecular weight excluding hydrogens is 346 g/mol. The Balaban J connectivity index is 1.60. The van der Waals surface area contributed by atoms with Gasteiger partial charge in [-0.05, 0) is 25.7 Å². The molecule has 1 aromatic rings. The van der Waals surface area contributed by atoms with E-state index in [4.69, 9.17) is 4.74 Å². The zero-order valence-electron chi connectivity index (χ0n) is 16.4. The molecule has 3 rings (SSSR count). The maximum absolute atomic E-state index is 13.2. The minimum absolute atomic E-state index is 0.127. The lowest BCUT2D eigenvalue weighted by molar-refractivity contribution is -0.144. The molecule has 8 nitrogen and oxygen atoms in total. The Kier molecular flexibility index (Phi) is 6.46. The molecule has 27 heavy (non-hydrogen) atoms. The summed E-state index contributed by atoms with van der Waals surface area (Å²) in [6.07, 6.45) is 9.15. The first-order valence-corrected chi connectivity index (χ1v) is 10.0. The van der Waals surface area contributed by atoms with Crippen LogP contribution in [0.4, 0.5) is 0 Å². The summed E-state index contributed by atoms with van der Waals surface area (Å²) in [6.45, 7) is 4.42. The predicted molar refractivity (Wildman–Crippen MR) is 100 cm³/mol. The van der Waals surface area contributed by atoms with E-state index >= 15 is 0 Å². The van der Waals surface area contributed by atoms with Crippen LogP contribution in [0, 0.1) is 5.41 Å². The first kappa shape index (κ1) is 19.8. The topological polar surface area (TPSA) is 89.4 Å². The van der Waals surface area contributed by atoms with Gasteiger partial charge in [0.2, 0.25) is 5.91 Å². The third-order valence-corrected chi connectivity index (χ3v) is 5.87. The number of aromatic nitrogens is 3. The summed E-state index contributed by atoms with van der Waals surface area (Å²) in [5, 5.41) is 10.8. The lowest BCUT2D eigenvalue weighted by Gasteiger charge is -2.38. The molecule has 1 saturated heterocycles. The lowest BCUT2D eigenvalue weighted by Crippen LogP contribution is -2.47. The van der Waals surface area contributed by atoms with Crippen molar-refractivity contribution in [2.75, 3.05) is 26.8 Å². The number of carbonyl (C=O) groups excluding carboxylic acids is 2. The molecule has 2 fully saturated rings. The van der Waals surface area contributed by atoms with Crippen molar-refractivity contribution < 1.29 is 14.3 Å². The van der Waals surface area contributed by atoms with Crippen molar-refractivity contribution in [3.63, 3.8) is 0 Å². The second-order valence-electron chi connectivity index (χ2n) is 7.99. The summed E-state index contributed by atoms with van der Waals surface area (Å²) < 4.78 is 6.61. The molecule has 2 amide bonds. The van der Waals surface area contributed by atoms with Gasteiger partial charge in [-0.3, -0.25) is 9.59 Å². The molecule has 1 saturated carbocycles. The van der Waals surface area contributed by atoms with E-state index in [2.05, 4.69) is 22.6 Å². The number of carbonyl (C=O) groups is 2. The van der Waals surface area contributed by atoms with E-state index in [0.29, 0.717) is 31.3 Å². The van der Waals surface area contributed by atoms with Crippen molar-refractivity contribution in [2.24, 2.45) is 5.41 Å². The van der Waals surface area contributed by atoms with Gasteiger partial charge in [-0.25, -0.2) is 4.68 Å². The molecule has 0 aromatic carbocycles. The number of rotatable bonds is 7. The van der Waals surface area contributed by atoms with Crippen LogP contribution in [0.3, 0.4) is 0 Å². The normalized spacial score (nSPS) is 22.0. The van der Waals surface area contributed by atoms with Crippen LogP contribution >= 0.6 is 0 Å². The average molecular weight is 377 g/mol. The second-order valence-corrected chi connectivity index (χ2v) is 7.99.